The van der Waals surface area contributed by atoms with Crippen LogP contribution in [0.4, 0.5) is 5.00 Å². The van der Waals surface area contributed by atoms with Crippen LogP contribution in [0.2, 0.25) is 0 Å². The van der Waals surface area contributed by atoms with E-state index >= 15 is 0 Å². The number of amides is 2. The van der Waals surface area contributed by atoms with Crippen LogP contribution < -0.4 is 16.6 Å². The first-order valence-corrected chi connectivity index (χ1v) is 10.6. The third kappa shape index (κ3) is 3.55. The van der Waals surface area contributed by atoms with Crippen LogP contribution in [0.5, 0.6) is 0 Å². The maximum absolute atomic E-state index is 12.9. The van der Waals surface area contributed by atoms with Crippen LogP contribution in [0, 0.1) is 0 Å². The molecular weight excluding hydrogens is 396 g/mol. The van der Waals surface area contributed by atoms with E-state index in [1.54, 1.807) is 35.1 Å². The highest BCUT2D eigenvalue weighted by atomic mass is 32.2. The van der Waals surface area contributed by atoms with Gasteiger partial charge in [0.1, 0.15) is 5.00 Å². The summed E-state index contributed by atoms with van der Waals surface area (Å²) in [7, 11) is 0. The molecule has 4 rings (SSSR count). The number of primary amides is 1. The molecule has 2 aromatic heterocycles. The zero-order chi connectivity index (χ0) is 19.8. The lowest BCUT2D eigenvalue weighted by Crippen LogP contribution is -2.27. The quantitative estimate of drug-likeness (QED) is 0.476. The molecule has 7 nitrogen and oxygen atoms in total. The smallest absolute Gasteiger partial charge is 0.262 e. The number of carbonyl (C=O) groups excluding carboxylic acids is 2. The Labute approximate surface area is 169 Å². The first-order chi connectivity index (χ1) is 13.5. The molecule has 1 aliphatic rings. The molecule has 2 amide bonds. The van der Waals surface area contributed by atoms with Gasteiger partial charge in [-0.1, -0.05) is 23.9 Å². The number of aromatic nitrogens is 2. The molecule has 1 aliphatic carbocycles. The minimum Gasteiger partial charge on any atom is -0.366 e. The van der Waals surface area contributed by atoms with E-state index in [2.05, 4.69) is 10.3 Å². The fraction of sp³-hybridized carbons (Fsp3) is 0.263. The normalized spacial score (nSPS) is 14.8. The Bertz CT molecular complexity index is 1130. The van der Waals surface area contributed by atoms with Crippen molar-refractivity contribution in [2.75, 3.05) is 5.32 Å². The van der Waals surface area contributed by atoms with Crippen molar-refractivity contribution in [3.05, 3.63) is 51.6 Å². The number of hydrogen-bond donors (Lipinski definition) is 2. The number of thioether (sulfide) groups is 1. The number of benzene rings is 1. The number of hydrogen-bond acceptors (Lipinski definition) is 6. The molecular formula is C19H18N4O3S2. The molecule has 0 spiro atoms. The molecule has 9 heteroatoms. The number of nitrogens with two attached hydrogens (primary N) is 1. The molecule has 0 unspecified atom stereocenters. The summed E-state index contributed by atoms with van der Waals surface area (Å²) in [6, 6.07) is 8.95. The topological polar surface area (TPSA) is 107 Å². The maximum Gasteiger partial charge on any atom is 0.262 e. The molecule has 1 fully saturated rings. The predicted octanol–water partition coefficient (Wildman–Crippen LogP) is 3.01. The number of thiophene rings is 1. The van der Waals surface area contributed by atoms with Crippen molar-refractivity contribution in [2.24, 2.45) is 5.73 Å². The number of nitrogens with zero attached hydrogens (tertiary/aromatic N) is 2. The summed E-state index contributed by atoms with van der Waals surface area (Å²) < 4.78 is 1.71. The Morgan fingerprint density at radius 2 is 2.07 bits per heavy atom. The number of carbonyl (C=O) groups is 2. The highest BCUT2D eigenvalue weighted by Crippen LogP contribution is 2.37. The van der Waals surface area contributed by atoms with Gasteiger partial charge in [-0.3, -0.25) is 19.0 Å². The standard InChI is InChI=1S/C19H18N4O3S2/c1-10(16(25)22-17-13(15(20)24)8-9-27-17)28-19-21-14-5-3-2-4-12(14)18(26)23(19)11-6-7-11/h2-5,8-11H,6-7H2,1H3,(H2,20,24)(H,22,25)/t10-/m0/s1. The fourth-order valence-electron chi connectivity index (χ4n) is 2.89. The fourth-order valence-corrected chi connectivity index (χ4v) is 4.66. The molecule has 0 saturated heterocycles. The second kappa shape index (κ2) is 7.40. The predicted molar refractivity (Wildman–Crippen MR) is 111 cm³/mol. The first-order valence-electron chi connectivity index (χ1n) is 8.82. The van der Waals surface area contributed by atoms with Gasteiger partial charge in [-0.15, -0.1) is 11.3 Å². The average Bonchev–Trinajstić information content (AvgIpc) is 3.39. The second-order valence-electron chi connectivity index (χ2n) is 6.59. The van der Waals surface area contributed by atoms with Gasteiger partial charge in [-0.05, 0) is 43.3 Å². The molecule has 2 heterocycles. The zero-order valence-corrected chi connectivity index (χ0v) is 16.7. The molecule has 3 N–H and O–H groups in total. The van der Waals surface area contributed by atoms with Gasteiger partial charge in [-0.25, -0.2) is 4.98 Å². The van der Waals surface area contributed by atoms with E-state index in [9.17, 15) is 14.4 Å². The molecule has 0 aliphatic heterocycles. The van der Waals surface area contributed by atoms with Crippen molar-refractivity contribution < 1.29 is 9.59 Å². The average molecular weight is 415 g/mol. The largest absolute Gasteiger partial charge is 0.366 e. The van der Waals surface area contributed by atoms with Gasteiger partial charge in [0.05, 0.1) is 21.7 Å². The monoisotopic (exact) mass is 414 g/mol. The van der Waals surface area contributed by atoms with Crippen LogP contribution in [0.25, 0.3) is 10.9 Å². The van der Waals surface area contributed by atoms with Crippen LogP contribution in [0.1, 0.15) is 36.2 Å². The van der Waals surface area contributed by atoms with E-state index in [4.69, 9.17) is 5.73 Å². The molecule has 0 radical (unpaired) electrons. The minimum absolute atomic E-state index is 0.0718. The van der Waals surface area contributed by atoms with Gasteiger partial charge < -0.3 is 11.1 Å². The van der Waals surface area contributed by atoms with Crippen molar-refractivity contribution in [3.8, 4) is 0 Å². The molecule has 1 atom stereocenters. The van der Waals surface area contributed by atoms with Crippen molar-refractivity contribution in [1.29, 1.82) is 0 Å². The number of anilines is 1. The Morgan fingerprint density at radius 1 is 1.32 bits per heavy atom. The van der Waals surface area contributed by atoms with Crippen LogP contribution in [0.3, 0.4) is 0 Å². The lowest BCUT2D eigenvalue weighted by atomic mass is 10.2. The second-order valence-corrected chi connectivity index (χ2v) is 8.82. The van der Waals surface area contributed by atoms with Crippen molar-refractivity contribution in [1.82, 2.24) is 9.55 Å². The van der Waals surface area contributed by atoms with E-state index < -0.39 is 11.2 Å². The summed E-state index contributed by atoms with van der Waals surface area (Å²) in [5, 5.41) is 5.48. The van der Waals surface area contributed by atoms with Gasteiger partial charge in [0.25, 0.3) is 11.5 Å². The minimum atomic E-state index is -0.587. The van der Waals surface area contributed by atoms with Gasteiger partial charge >= 0.3 is 0 Å². The summed E-state index contributed by atoms with van der Waals surface area (Å²) >= 11 is 2.48. The Balaban J connectivity index is 1.61. The van der Waals surface area contributed by atoms with Gasteiger partial charge in [0.2, 0.25) is 5.91 Å². The molecule has 3 aromatic rings. The summed E-state index contributed by atoms with van der Waals surface area (Å²) in [5.74, 6) is -0.865. The lowest BCUT2D eigenvalue weighted by molar-refractivity contribution is -0.115. The third-order valence-electron chi connectivity index (χ3n) is 4.51. The van der Waals surface area contributed by atoms with E-state index in [0.29, 0.717) is 21.1 Å². The van der Waals surface area contributed by atoms with Gasteiger partial charge in [0, 0.05) is 6.04 Å². The highest BCUT2D eigenvalue weighted by Gasteiger charge is 2.30. The van der Waals surface area contributed by atoms with Gasteiger partial charge in [0.15, 0.2) is 5.16 Å². The van der Waals surface area contributed by atoms with Crippen LogP contribution >= 0.6 is 23.1 Å². The Morgan fingerprint density at radius 3 is 2.79 bits per heavy atom. The number of nitrogens with one attached hydrogen (secondary N) is 1. The lowest BCUT2D eigenvalue weighted by Gasteiger charge is -2.16. The molecule has 144 valence electrons. The van der Waals surface area contributed by atoms with E-state index in [1.807, 2.05) is 12.1 Å². The zero-order valence-electron chi connectivity index (χ0n) is 15.0. The summed E-state index contributed by atoms with van der Waals surface area (Å²) in [6.07, 6.45) is 1.87. The van der Waals surface area contributed by atoms with E-state index in [1.165, 1.54) is 23.1 Å². The Hall–Kier alpha value is -2.65. The molecule has 1 saturated carbocycles. The van der Waals surface area contributed by atoms with Crippen molar-refractivity contribution >= 4 is 50.8 Å². The Kier molecular flexibility index (Phi) is 4.94. The molecule has 0 bridgehead atoms. The van der Waals surface area contributed by atoms with Crippen molar-refractivity contribution in [2.45, 2.75) is 36.2 Å². The van der Waals surface area contributed by atoms with Crippen molar-refractivity contribution in [3.63, 3.8) is 0 Å². The summed E-state index contributed by atoms with van der Waals surface area (Å²) in [4.78, 5) is 41.6. The summed E-state index contributed by atoms with van der Waals surface area (Å²) in [6.45, 7) is 1.75. The third-order valence-corrected chi connectivity index (χ3v) is 6.40. The first kappa shape index (κ1) is 18.7. The summed E-state index contributed by atoms with van der Waals surface area (Å²) in [5.41, 5.74) is 6.16. The van der Waals surface area contributed by atoms with Crippen LogP contribution in [0.15, 0.2) is 45.7 Å². The highest BCUT2D eigenvalue weighted by molar-refractivity contribution is 8.00. The SMILES string of the molecule is C[C@H](Sc1nc2ccccc2c(=O)n1C1CC1)C(=O)Nc1sccc1C(N)=O. The van der Waals surface area contributed by atoms with Crippen LogP contribution in [-0.2, 0) is 4.79 Å². The molecule has 28 heavy (non-hydrogen) atoms. The maximum atomic E-state index is 12.9. The number of fused-ring (bicyclic) bond motifs is 1. The molecule has 1 aromatic carbocycles. The van der Waals surface area contributed by atoms with E-state index in [0.717, 1.165) is 12.8 Å². The number of para-hydroxylation sites is 1. The number of rotatable bonds is 6. The van der Waals surface area contributed by atoms with E-state index in [-0.39, 0.29) is 23.1 Å². The van der Waals surface area contributed by atoms with Gasteiger partial charge in [-0.2, -0.15) is 0 Å². The van der Waals surface area contributed by atoms with Crippen LogP contribution in [-0.4, -0.2) is 26.6 Å².